The summed E-state index contributed by atoms with van der Waals surface area (Å²) in [6.07, 6.45) is 5.24. The van der Waals surface area contributed by atoms with Crippen LogP contribution in [0.15, 0.2) is 22.3 Å². The summed E-state index contributed by atoms with van der Waals surface area (Å²) in [6, 6.07) is 2.26. The molecule has 1 aliphatic carbocycles. The highest BCUT2D eigenvalue weighted by atomic mass is 32.1. The highest BCUT2D eigenvalue weighted by molar-refractivity contribution is 7.10. The second kappa shape index (κ2) is 7.85. The number of ether oxygens (including phenoxy) is 2. The number of carbonyl (C=O) groups is 1. The third kappa shape index (κ3) is 4.01. The van der Waals surface area contributed by atoms with E-state index in [1.807, 2.05) is 20.8 Å². The molecule has 7 nitrogen and oxygen atoms in total. The van der Waals surface area contributed by atoms with Crippen LogP contribution in [0.25, 0.3) is 5.57 Å². The van der Waals surface area contributed by atoms with E-state index < -0.39 is 5.60 Å². The first-order valence-corrected chi connectivity index (χ1v) is 12.1. The minimum absolute atomic E-state index is 0.145. The van der Waals surface area contributed by atoms with Gasteiger partial charge in [-0.2, -0.15) is 0 Å². The van der Waals surface area contributed by atoms with Crippen molar-refractivity contribution in [3.8, 4) is 0 Å². The highest BCUT2D eigenvalue weighted by Crippen LogP contribution is 2.54. The molecular formula is C24H29N3O4S. The molecule has 0 saturated heterocycles. The first-order valence-electron chi connectivity index (χ1n) is 11.2. The second-order valence-corrected chi connectivity index (χ2v) is 10.7. The van der Waals surface area contributed by atoms with Crippen molar-refractivity contribution in [1.29, 1.82) is 0 Å². The van der Waals surface area contributed by atoms with Gasteiger partial charge >= 0.3 is 6.09 Å². The first-order chi connectivity index (χ1) is 15.2. The molecule has 2 aliphatic heterocycles. The van der Waals surface area contributed by atoms with Crippen molar-refractivity contribution in [2.75, 3.05) is 19.8 Å². The lowest BCUT2D eigenvalue weighted by atomic mass is 9.98. The van der Waals surface area contributed by atoms with Crippen molar-refractivity contribution in [2.24, 2.45) is 0 Å². The number of hydrogen-bond acceptors (Lipinski definition) is 6. The number of carbonyl (C=O) groups excluding carboxylic acids is 1. The van der Waals surface area contributed by atoms with E-state index in [1.165, 1.54) is 16.0 Å². The molecular weight excluding hydrogens is 426 g/mol. The Balaban J connectivity index is 1.39. The molecule has 0 spiro atoms. The molecule has 0 radical (unpaired) electrons. The van der Waals surface area contributed by atoms with Crippen LogP contribution >= 0.6 is 11.3 Å². The van der Waals surface area contributed by atoms with Crippen LogP contribution in [0.1, 0.15) is 67.6 Å². The van der Waals surface area contributed by atoms with Crippen molar-refractivity contribution in [3.05, 3.63) is 55.4 Å². The third-order valence-corrected chi connectivity index (χ3v) is 7.46. The molecule has 2 aromatic rings. The molecule has 1 amide bonds. The average Bonchev–Trinajstić information content (AvgIpc) is 3.42. The van der Waals surface area contributed by atoms with Gasteiger partial charge < -0.3 is 19.4 Å². The first kappa shape index (κ1) is 21.4. The number of aromatic amines is 1. The SMILES string of the molecule is CC(C)(C)OC(=O)N1CCc2nc(C3(c4cc(C5=CCOCC5)cs4)CC3)[nH]c(=O)c2C1. The molecule has 1 fully saturated rings. The van der Waals surface area contributed by atoms with E-state index >= 15 is 0 Å². The Bertz CT molecular complexity index is 1140. The lowest BCUT2D eigenvalue weighted by molar-refractivity contribution is 0.0221. The van der Waals surface area contributed by atoms with E-state index in [0.29, 0.717) is 25.1 Å². The zero-order valence-electron chi connectivity index (χ0n) is 18.8. The van der Waals surface area contributed by atoms with Gasteiger partial charge in [0.05, 0.1) is 36.4 Å². The number of H-pyrrole nitrogens is 1. The van der Waals surface area contributed by atoms with Crippen molar-refractivity contribution in [2.45, 2.75) is 64.0 Å². The van der Waals surface area contributed by atoms with Crippen LogP contribution in [0.5, 0.6) is 0 Å². The second-order valence-electron chi connectivity index (χ2n) is 9.83. The van der Waals surface area contributed by atoms with Gasteiger partial charge in [-0.3, -0.25) is 4.79 Å². The standard InChI is InChI=1S/C24H29N3O4S/c1-23(2,3)31-22(29)27-9-4-18-17(13-27)20(28)26-21(25-18)24(7-8-24)19-12-16(14-32-19)15-5-10-30-11-6-15/h5,12,14H,4,6-11,13H2,1-3H3,(H,25,26,28). The molecule has 4 heterocycles. The van der Waals surface area contributed by atoms with Crippen molar-refractivity contribution in [1.82, 2.24) is 14.9 Å². The number of aromatic nitrogens is 2. The zero-order chi connectivity index (χ0) is 22.5. The number of amides is 1. The van der Waals surface area contributed by atoms with Crippen LogP contribution in [-0.2, 0) is 27.9 Å². The maximum absolute atomic E-state index is 13.0. The minimum Gasteiger partial charge on any atom is -0.444 e. The molecule has 3 aliphatic rings. The summed E-state index contributed by atoms with van der Waals surface area (Å²) in [5, 5.41) is 2.21. The van der Waals surface area contributed by atoms with Gasteiger partial charge in [-0.05, 0) is 62.6 Å². The molecule has 2 aromatic heterocycles. The maximum Gasteiger partial charge on any atom is 0.410 e. The number of fused-ring (bicyclic) bond motifs is 1. The van der Waals surface area contributed by atoms with Crippen molar-refractivity contribution < 1.29 is 14.3 Å². The van der Waals surface area contributed by atoms with Gasteiger partial charge in [-0.1, -0.05) is 6.08 Å². The number of hydrogen-bond donors (Lipinski definition) is 1. The van der Waals surface area contributed by atoms with Gasteiger partial charge in [0.15, 0.2) is 0 Å². The van der Waals surface area contributed by atoms with Crippen LogP contribution in [-0.4, -0.2) is 46.3 Å². The van der Waals surface area contributed by atoms with E-state index in [9.17, 15) is 9.59 Å². The maximum atomic E-state index is 13.0. The average molecular weight is 456 g/mol. The fourth-order valence-corrected chi connectivity index (χ4v) is 5.60. The summed E-state index contributed by atoms with van der Waals surface area (Å²) in [4.78, 5) is 36.3. The molecule has 1 saturated carbocycles. The molecule has 0 aromatic carbocycles. The van der Waals surface area contributed by atoms with Crippen LogP contribution in [0, 0.1) is 0 Å². The molecule has 32 heavy (non-hydrogen) atoms. The van der Waals surface area contributed by atoms with Crippen LogP contribution in [0.4, 0.5) is 4.79 Å². The Morgan fingerprint density at radius 3 is 2.81 bits per heavy atom. The van der Waals surface area contributed by atoms with Gasteiger partial charge in [0, 0.05) is 17.8 Å². The molecule has 1 N–H and O–H groups in total. The van der Waals surface area contributed by atoms with Gasteiger partial charge in [0.1, 0.15) is 11.4 Å². The fourth-order valence-electron chi connectivity index (χ4n) is 4.40. The summed E-state index contributed by atoms with van der Waals surface area (Å²) in [5.74, 6) is 0.765. The summed E-state index contributed by atoms with van der Waals surface area (Å²) in [6.45, 7) is 7.70. The van der Waals surface area contributed by atoms with Crippen molar-refractivity contribution >= 4 is 23.0 Å². The number of nitrogens with zero attached hydrogens (tertiary/aromatic N) is 2. The van der Waals surface area contributed by atoms with Crippen LogP contribution in [0.2, 0.25) is 0 Å². The molecule has 5 rings (SSSR count). The normalized spacial score (nSPS) is 19.8. The number of thiophene rings is 1. The summed E-state index contributed by atoms with van der Waals surface area (Å²) in [7, 11) is 0. The Hall–Kier alpha value is -2.45. The smallest absolute Gasteiger partial charge is 0.410 e. The number of nitrogens with one attached hydrogen (secondary N) is 1. The molecule has 8 heteroatoms. The lowest BCUT2D eigenvalue weighted by Crippen LogP contribution is -2.42. The minimum atomic E-state index is -0.565. The quantitative estimate of drug-likeness (QED) is 0.756. The van der Waals surface area contributed by atoms with E-state index in [2.05, 4.69) is 22.5 Å². The highest BCUT2D eigenvalue weighted by Gasteiger charge is 2.50. The molecule has 0 unspecified atom stereocenters. The summed E-state index contributed by atoms with van der Waals surface area (Å²) in [5.41, 5.74) is 3.07. The van der Waals surface area contributed by atoms with E-state index in [-0.39, 0.29) is 23.6 Å². The van der Waals surface area contributed by atoms with Gasteiger partial charge in [-0.15, -0.1) is 11.3 Å². The van der Waals surface area contributed by atoms with Gasteiger partial charge in [-0.25, -0.2) is 9.78 Å². The summed E-state index contributed by atoms with van der Waals surface area (Å²) < 4.78 is 10.9. The largest absolute Gasteiger partial charge is 0.444 e. The van der Waals surface area contributed by atoms with Gasteiger partial charge in [0.25, 0.3) is 5.56 Å². The monoisotopic (exact) mass is 455 g/mol. The summed E-state index contributed by atoms with van der Waals surface area (Å²) >= 11 is 1.75. The van der Waals surface area contributed by atoms with Crippen molar-refractivity contribution in [3.63, 3.8) is 0 Å². The lowest BCUT2D eigenvalue weighted by Gasteiger charge is -2.30. The predicted molar refractivity (Wildman–Crippen MR) is 123 cm³/mol. The van der Waals surface area contributed by atoms with Crippen LogP contribution < -0.4 is 5.56 Å². The Kier molecular flexibility index (Phi) is 5.25. The van der Waals surface area contributed by atoms with Gasteiger partial charge in [0.2, 0.25) is 0 Å². The zero-order valence-corrected chi connectivity index (χ0v) is 19.6. The fraction of sp³-hybridized carbons (Fsp3) is 0.542. The number of rotatable bonds is 3. The Morgan fingerprint density at radius 2 is 2.12 bits per heavy atom. The molecule has 0 bridgehead atoms. The Morgan fingerprint density at radius 1 is 1.31 bits per heavy atom. The predicted octanol–water partition coefficient (Wildman–Crippen LogP) is 4.01. The topological polar surface area (TPSA) is 84.5 Å². The Labute approximate surface area is 191 Å². The molecule has 170 valence electrons. The van der Waals surface area contributed by atoms with E-state index in [4.69, 9.17) is 14.5 Å². The third-order valence-electron chi connectivity index (χ3n) is 6.33. The van der Waals surface area contributed by atoms with Crippen LogP contribution in [0.3, 0.4) is 0 Å². The van der Waals surface area contributed by atoms with E-state index in [0.717, 1.165) is 37.4 Å². The molecule has 0 atom stereocenters. The van der Waals surface area contributed by atoms with E-state index in [1.54, 1.807) is 16.2 Å².